The molecule has 4 nitrogen and oxygen atoms in total. The largest absolute Gasteiger partial charge is 0.481 e. The van der Waals surface area contributed by atoms with Gasteiger partial charge in [-0.05, 0) is 40.9 Å². The highest BCUT2D eigenvalue weighted by atomic mass is 79.9. The molecule has 0 aliphatic carbocycles. The Hall–Kier alpha value is -0.880. The van der Waals surface area contributed by atoms with Crippen LogP contribution in [0.2, 0.25) is 0 Å². The molecule has 1 heterocycles. The van der Waals surface area contributed by atoms with Crippen LogP contribution in [-0.2, 0) is 16.0 Å². The average molecular weight is 334 g/mol. The quantitative estimate of drug-likeness (QED) is 0.719. The van der Waals surface area contributed by atoms with Gasteiger partial charge in [-0.3, -0.25) is 9.59 Å². The van der Waals surface area contributed by atoms with Gasteiger partial charge in [0.25, 0.3) is 0 Å². The van der Waals surface area contributed by atoms with Gasteiger partial charge in [-0.15, -0.1) is 11.3 Å². The van der Waals surface area contributed by atoms with Crippen LogP contribution in [0.25, 0.3) is 0 Å². The summed E-state index contributed by atoms with van der Waals surface area (Å²) in [4.78, 5) is 22.9. The fraction of sp³-hybridized carbons (Fsp3) is 0.500. The molecule has 1 aromatic heterocycles. The highest BCUT2D eigenvalue weighted by Crippen LogP contribution is 2.22. The van der Waals surface area contributed by atoms with E-state index in [1.807, 2.05) is 12.1 Å². The maximum absolute atomic E-state index is 11.5. The lowest BCUT2D eigenvalue weighted by Crippen LogP contribution is -2.25. The molecule has 6 heteroatoms. The number of nitrogens with one attached hydrogen (secondary N) is 1. The van der Waals surface area contributed by atoms with Gasteiger partial charge < -0.3 is 10.4 Å². The number of amides is 1. The summed E-state index contributed by atoms with van der Waals surface area (Å²) in [5.74, 6) is -0.745. The van der Waals surface area contributed by atoms with Crippen molar-refractivity contribution in [3.05, 3.63) is 20.8 Å². The first-order chi connectivity index (χ1) is 8.58. The van der Waals surface area contributed by atoms with Crippen LogP contribution in [0, 0.1) is 0 Å². The minimum Gasteiger partial charge on any atom is -0.481 e. The summed E-state index contributed by atoms with van der Waals surface area (Å²) in [7, 11) is 0. The molecule has 0 aromatic carbocycles. The van der Waals surface area contributed by atoms with E-state index in [1.54, 1.807) is 11.3 Å². The van der Waals surface area contributed by atoms with Gasteiger partial charge in [0.05, 0.1) is 10.2 Å². The van der Waals surface area contributed by atoms with Crippen molar-refractivity contribution in [3.63, 3.8) is 0 Å². The van der Waals surface area contributed by atoms with Gasteiger partial charge in [0.1, 0.15) is 0 Å². The van der Waals surface area contributed by atoms with Crippen molar-refractivity contribution in [2.75, 3.05) is 6.54 Å². The molecule has 18 heavy (non-hydrogen) atoms. The summed E-state index contributed by atoms with van der Waals surface area (Å²) in [6, 6.07) is 3.86. The number of carboxylic acid groups (broad SMARTS) is 1. The second-order valence-electron chi connectivity index (χ2n) is 3.94. The number of hydrogen-bond acceptors (Lipinski definition) is 3. The summed E-state index contributed by atoms with van der Waals surface area (Å²) >= 11 is 4.91. The average Bonchev–Trinajstić information content (AvgIpc) is 2.68. The molecule has 1 amide bonds. The number of carbonyl (C=O) groups excluding carboxylic acids is 1. The summed E-state index contributed by atoms with van der Waals surface area (Å²) in [6.45, 7) is 0.616. The predicted molar refractivity (Wildman–Crippen MR) is 74.8 cm³/mol. The van der Waals surface area contributed by atoms with Crippen molar-refractivity contribution >= 4 is 39.1 Å². The minimum absolute atomic E-state index is 0.0163. The fourth-order valence-corrected chi connectivity index (χ4v) is 2.96. The van der Waals surface area contributed by atoms with E-state index in [0.29, 0.717) is 19.4 Å². The lowest BCUT2D eigenvalue weighted by atomic mass is 10.2. The zero-order valence-corrected chi connectivity index (χ0v) is 12.3. The lowest BCUT2D eigenvalue weighted by molar-refractivity contribution is -0.137. The third kappa shape index (κ3) is 6.76. The topological polar surface area (TPSA) is 66.4 Å². The molecule has 0 fully saturated rings. The Bertz CT molecular complexity index is 406. The van der Waals surface area contributed by atoms with Crippen LogP contribution >= 0.6 is 27.3 Å². The summed E-state index contributed by atoms with van der Waals surface area (Å²) in [6.07, 6.45) is 2.94. The van der Waals surface area contributed by atoms with Crippen LogP contribution in [0.5, 0.6) is 0 Å². The smallest absolute Gasteiger partial charge is 0.303 e. The van der Waals surface area contributed by atoms with Crippen molar-refractivity contribution in [2.45, 2.75) is 32.1 Å². The monoisotopic (exact) mass is 333 g/mol. The molecule has 0 saturated heterocycles. The van der Waals surface area contributed by atoms with Gasteiger partial charge in [0.15, 0.2) is 0 Å². The van der Waals surface area contributed by atoms with Crippen molar-refractivity contribution in [3.8, 4) is 0 Å². The lowest BCUT2D eigenvalue weighted by Gasteiger charge is -2.03. The van der Waals surface area contributed by atoms with Gasteiger partial charge in [-0.25, -0.2) is 0 Å². The fourth-order valence-electron chi connectivity index (χ4n) is 1.47. The number of halogens is 1. The second kappa shape index (κ2) is 8.26. The summed E-state index contributed by atoms with van der Waals surface area (Å²) in [5.41, 5.74) is 0. The molecule has 0 aliphatic heterocycles. The molecule has 0 bridgehead atoms. The van der Waals surface area contributed by atoms with Crippen LogP contribution in [0.15, 0.2) is 15.9 Å². The van der Waals surface area contributed by atoms with Gasteiger partial charge >= 0.3 is 5.97 Å². The number of hydrogen-bond donors (Lipinski definition) is 2. The summed E-state index contributed by atoms with van der Waals surface area (Å²) < 4.78 is 1.03. The van der Waals surface area contributed by atoms with E-state index in [2.05, 4.69) is 21.2 Å². The van der Waals surface area contributed by atoms with E-state index >= 15 is 0 Å². The van der Waals surface area contributed by atoms with E-state index < -0.39 is 5.97 Å². The van der Waals surface area contributed by atoms with E-state index in [0.717, 1.165) is 21.5 Å². The van der Waals surface area contributed by atoms with Crippen molar-refractivity contribution in [2.24, 2.45) is 0 Å². The Morgan fingerprint density at radius 2 is 2.06 bits per heavy atom. The van der Waals surface area contributed by atoms with Crippen LogP contribution in [-0.4, -0.2) is 23.5 Å². The Kier molecular flexibility index (Phi) is 6.97. The third-order valence-electron chi connectivity index (χ3n) is 2.35. The zero-order valence-electron chi connectivity index (χ0n) is 9.95. The first-order valence-electron chi connectivity index (χ1n) is 5.80. The standard InChI is InChI=1S/C12H16BrNO3S/c13-10-6-5-9(18-10)8-11(15)14-7-3-1-2-4-12(16)17/h5-6H,1-4,7-8H2,(H,14,15)(H,16,17). The van der Waals surface area contributed by atoms with Gasteiger partial charge in [-0.1, -0.05) is 6.42 Å². The third-order valence-corrected chi connectivity index (χ3v) is 3.98. The number of carbonyl (C=O) groups is 2. The predicted octanol–water partition coefficient (Wildman–Crippen LogP) is 2.81. The first kappa shape index (κ1) is 15.2. The van der Waals surface area contributed by atoms with E-state index in [1.165, 1.54) is 0 Å². The van der Waals surface area contributed by atoms with Gasteiger partial charge in [0.2, 0.25) is 5.91 Å². The number of thiophene rings is 1. The van der Waals surface area contributed by atoms with Crippen molar-refractivity contribution < 1.29 is 14.7 Å². The molecular formula is C12H16BrNO3S. The number of unbranched alkanes of at least 4 members (excludes halogenated alkanes) is 2. The Morgan fingerprint density at radius 3 is 2.67 bits per heavy atom. The maximum atomic E-state index is 11.5. The highest BCUT2D eigenvalue weighted by Gasteiger charge is 2.05. The number of rotatable bonds is 8. The van der Waals surface area contributed by atoms with Gasteiger partial charge in [-0.2, -0.15) is 0 Å². The molecule has 1 aromatic rings. The van der Waals surface area contributed by atoms with Crippen LogP contribution in [0.4, 0.5) is 0 Å². The van der Waals surface area contributed by atoms with E-state index in [9.17, 15) is 9.59 Å². The molecule has 0 spiro atoms. The highest BCUT2D eigenvalue weighted by molar-refractivity contribution is 9.11. The molecule has 2 N–H and O–H groups in total. The SMILES string of the molecule is O=C(O)CCCCCNC(=O)Cc1ccc(Br)s1. The Morgan fingerprint density at radius 1 is 1.28 bits per heavy atom. The van der Waals surface area contributed by atoms with Crippen LogP contribution in [0.3, 0.4) is 0 Å². The second-order valence-corrected chi connectivity index (χ2v) is 6.48. The molecule has 1 rings (SSSR count). The summed E-state index contributed by atoms with van der Waals surface area (Å²) in [5, 5.41) is 11.3. The maximum Gasteiger partial charge on any atom is 0.303 e. The first-order valence-corrected chi connectivity index (χ1v) is 7.41. The van der Waals surface area contributed by atoms with E-state index in [-0.39, 0.29) is 12.3 Å². The minimum atomic E-state index is -0.762. The molecule has 0 unspecified atom stereocenters. The van der Waals surface area contributed by atoms with E-state index in [4.69, 9.17) is 5.11 Å². The van der Waals surface area contributed by atoms with Gasteiger partial charge in [0, 0.05) is 17.8 Å². The number of aliphatic carboxylic acids is 1. The normalized spacial score (nSPS) is 10.3. The zero-order chi connectivity index (χ0) is 13.4. The van der Waals surface area contributed by atoms with Crippen molar-refractivity contribution in [1.29, 1.82) is 0 Å². The molecule has 0 saturated carbocycles. The van der Waals surface area contributed by atoms with Crippen molar-refractivity contribution in [1.82, 2.24) is 5.32 Å². The molecule has 100 valence electrons. The van der Waals surface area contributed by atoms with Crippen LogP contribution in [0.1, 0.15) is 30.6 Å². The molecule has 0 atom stereocenters. The number of carboxylic acids is 1. The van der Waals surface area contributed by atoms with Crippen LogP contribution < -0.4 is 5.32 Å². The Labute approximate surface area is 119 Å². The molecule has 0 radical (unpaired) electrons. The Balaban J connectivity index is 2.05. The molecular weight excluding hydrogens is 318 g/mol. The molecule has 0 aliphatic rings.